The predicted molar refractivity (Wildman–Crippen MR) is 113 cm³/mol. The number of rotatable bonds is 5. The summed E-state index contributed by atoms with van der Waals surface area (Å²) in [7, 11) is -2.50. The molecule has 148 valence electrons. The Hall–Kier alpha value is -2.79. The van der Waals surface area contributed by atoms with E-state index < -0.39 is 16.0 Å². The number of nitrogens with two attached hydrogens (primary N) is 1. The van der Waals surface area contributed by atoms with Crippen LogP contribution in [0.2, 0.25) is 0 Å². The van der Waals surface area contributed by atoms with E-state index in [-0.39, 0.29) is 10.6 Å². The maximum absolute atomic E-state index is 12.0. The van der Waals surface area contributed by atoms with Crippen LogP contribution in [0.5, 0.6) is 0 Å². The van der Waals surface area contributed by atoms with Crippen molar-refractivity contribution in [2.45, 2.75) is 4.90 Å². The summed E-state index contributed by atoms with van der Waals surface area (Å²) >= 11 is 3.22. The van der Waals surface area contributed by atoms with Gasteiger partial charge in [0, 0.05) is 15.8 Å². The highest BCUT2D eigenvalue weighted by molar-refractivity contribution is 7.89. The van der Waals surface area contributed by atoms with Gasteiger partial charge in [-0.25, -0.2) is 23.0 Å². The minimum Gasteiger partial charge on any atom is -0.464 e. The third-order valence-corrected chi connectivity index (χ3v) is 7.24. The van der Waals surface area contributed by atoms with Crippen molar-refractivity contribution in [1.29, 1.82) is 0 Å². The number of ether oxygens (including phenoxy) is 1. The molecule has 0 aliphatic carbocycles. The van der Waals surface area contributed by atoms with Crippen LogP contribution in [-0.2, 0) is 14.8 Å². The first kappa shape index (κ1) is 19.5. The lowest BCUT2D eigenvalue weighted by Gasteiger charge is -2.07. The Morgan fingerprint density at radius 2 is 1.79 bits per heavy atom. The molecule has 0 fully saturated rings. The zero-order valence-electron chi connectivity index (χ0n) is 15.1. The van der Waals surface area contributed by atoms with Gasteiger partial charge in [-0.1, -0.05) is 6.07 Å². The van der Waals surface area contributed by atoms with E-state index >= 15 is 0 Å². The molecule has 0 amide bonds. The van der Waals surface area contributed by atoms with Crippen LogP contribution in [0.4, 0.5) is 0 Å². The predicted octanol–water partition coefficient (Wildman–Crippen LogP) is 3.76. The van der Waals surface area contributed by atoms with Gasteiger partial charge >= 0.3 is 5.97 Å². The number of esters is 1. The molecule has 0 radical (unpaired) electrons. The van der Waals surface area contributed by atoms with Gasteiger partial charge in [0.2, 0.25) is 10.0 Å². The Bertz CT molecular complexity index is 1270. The third-order valence-electron chi connectivity index (χ3n) is 4.14. The van der Waals surface area contributed by atoms with Crippen LogP contribution in [-0.4, -0.2) is 31.3 Å². The summed E-state index contributed by atoms with van der Waals surface area (Å²) in [5.74, 6) is -0.554. The minimum atomic E-state index is -3.80. The highest BCUT2D eigenvalue weighted by Crippen LogP contribution is 2.37. The number of hydrogen-bond donors (Lipinski definition) is 1. The van der Waals surface area contributed by atoms with E-state index in [2.05, 4.69) is 5.10 Å². The highest BCUT2D eigenvalue weighted by Gasteiger charge is 2.19. The maximum Gasteiger partial charge on any atom is 0.358 e. The zero-order chi connectivity index (χ0) is 20.6. The van der Waals surface area contributed by atoms with Crippen molar-refractivity contribution in [2.75, 3.05) is 7.11 Å². The Kier molecular flexibility index (Phi) is 5.09. The fourth-order valence-electron chi connectivity index (χ4n) is 2.76. The molecule has 0 aliphatic heterocycles. The van der Waals surface area contributed by atoms with Crippen LogP contribution in [0, 0.1) is 0 Å². The number of methoxy groups -OCH3 is 1. The molecule has 3 heterocycles. The number of carbonyl (C=O) groups excluding carboxylic acids is 1. The van der Waals surface area contributed by atoms with E-state index in [1.54, 1.807) is 45.6 Å². The molecule has 0 saturated carbocycles. The number of hydrogen-bond acceptors (Lipinski definition) is 7. The zero-order valence-corrected chi connectivity index (χ0v) is 17.6. The average molecular weight is 446 g/mol. The number of thiophene rings is 2. The number of sulfonamides is 1. The number of primary sulfonamides is 1. The number of carbonyl (C=O) groups is 1. The van der Waals surface area contributed by atoms with E-state index in [0.717, 1.165) is 14.6 Å². The van der Waals surface area contributed by atoms with Crippen LogP contribution in [0.15, 0.2) is 64.9 Å². The molecule has 0 bridgehead atoms. The summed E-state index contributed by atoms with van der Waals surface area (Å²) in [4.78, 5) is 15.2. The van der Waals surface area contributed by atoms with Gasteiger partial charge < -0.3 is 4.74 Å². The largest absolute Gasteiger partial charge is 0.464 e. The standard InChI is InChI=1S/C19H15N3O4S3/c1-26-19(23)14-11-15(16-8-9-18(28-16)17-3-2-10-27-17)22(21-14)12-4-6-13(7-5-12)29(20,24)25/h2-11H,1H3,(H2,20,24,25). The van der Waals surface area contributed by atoms with Gasteiger partial charge in [-0.15, -0.1) is 22.7 Å². The summed E-state index contributed by atoms with van der Waals surface area (Å²) in [6.07, 6.45) is 0. The summed E-state index contributed by atoms with van der Waals surface area (Å²) in [5, 5.41) is 11.5. The molecule has 0 unspecified atom stereocenters. The van der Waals surface area contributed by atoms with Gasteiger partial charge in [-0.05, 0) is 47.8 Å². The molecule has 4 aromatic rings. The van der Waals surface area contributed by atoms with Crippen molar-refractivity contribution in [3.05, 3.63) is 65.7 Å². The summed E-state index contributed by atoms with van der Waals surface area (Å²) in [5.41, 5.74) is 1.44. The lowest BCUT2D eigenvalue weighted by atomic mass is 10.2. The van der Waals surface area contributed by atoms with Crippen LogP contribution >= 0.6 is 22.7 Å². The normalized spacial score (nSPS) is 11.5. The van der Waals surface area contributed by atoms with Crippen molar-refractivity contribution < 1.29 is 17.9 Å². The molecule has 2 N–H and O–H groups in total. The molecule has 1 aromatic carbocycles. The van der Waals surface area contributed by atoms with Crippen LogP contribution in [0.25, 0.3) is 26.0 Å². The highest BCUT2D eigenvalue weighted by atomic mass is 32.2. The summed E-state index contributed by atoms with van der Waals surface area (Å²) in [6.45, 7) is 0. The monoisotopic (exact) mass is 445 g/mol. The molecule has 0 atom stereocenters. The van der Waals surface area contributed by atoms with Gasteiger partial charge in [0.1, 0.15) is 0 Å². The van der Waals surface area contributed by atoms with Gasteiger partial charge in [0.25, 0.3) is 0 Å². The molecule has 7 nitrogen and oxygen atoms in total. The van der Waals surface area contributed by atoms with Crippen molar-refractivity contribution >= 4 is 38.7 Å². The van der Waals surface area contributed by atoms with Crippen molar-refractivity contribution in [2.24, 2.45) is 5.14 Å². The quantitative estimate of drug-likeness (QED) is 0.471. The number of nitrogens with zero attached hydrogens (tertiary/aromatic N) is 2. The Morgan fingerprint density at radius 1 is 1.07 bits per heavy atom. The Labute approximate surface area is 175 Å². The van der Waals surface area contributed by atoms with E-state index in [9.17, 15) is 13.2 Å². The summed E-state index contributed by atoms with van der Waals surface area (Å²) < 4.78 is 29.4. The van der Waals surface area contributed by atoms with Gasteiger partial charge in [-0.2, -0.15) is 5.10 Å². The minimum absolute atomic E-state index is 0.000692. The lowest BCUT2D eigenvalue weighted by molar-refractivity contribution is 0.0593. The lowest BCUT2D eigenvalue weighted by Crippen LogP contribution is -2.12. The van der Waals surface area contributed by atoms with E-state index in [1.165, 1.54) is 19.2 Å². The first-order valence-electron chi connectivity index (χ1n) is 8.32. The first-order valence-corrected chi connectivity index (χ1v) is 11.6. The topological polar surface area (TPSA) is 104 Å². The fourth-order valence-corrected chi connectivity index (χ4v) is 5.12. The molecule has 0 saturated heterocycles. The van der Waals surface area contributed by atoms with E-state index in [1.807, 2.05) is 29.6 Å². The third kappa shape index (κ3) is 3.87. The van der Waals surface area contributed by atoms with Gasteiger partial charge in [-0.3, -0.25) is 0 Å². The molecular formula is C19H15N3O4S3. The SMILES string of the molecule is COC(=O)c1cc(-c2ccc(-c3cccs3)s2)n(-c2ccc(S(N)(=O)=O)cc2)n1. The second-order valence-corrected chi connectivity index (χ2v) is 9.59. The fraction of sp³-hybridized carbons (Fsp3) is 0.0526. The van der Waals surface area contributed by atoms with Crippen molar-refractivity contribution in [3.63, 3.8) is 0 Å². The van der Waals surface area contributed by atoms with Crippen LogP contribution in [0.1, 0.15) is 10.5 Å². The molecule has 0 aliphatic rings. The molecule has 4 rings (SSSR count). The van der Waals surface area contributed by atoms with E-state index in [0.29, 0.717) is 11.4 Å². The molecule has 0 spiro atoms. The molecule has 29 heavy (non-hydrogen) atoms. The molecule has 10 heteroatoms. The van der Waals surface area contributed by atoms with Gasteiger partial charge in [0.05, 0.1) is 28.3 Å². The van der Waals surface area contributed by atoms with Crippen LogP contribution < -0.4 is 5.14 Å². The van der Waals surface area contributed by atoms with Crippen LogP contribution in [0.3, 0.4) is 0 Å². The van der Waals surface area contributed by atoms with Crippen molar-refractivity contribution in [3.8, 4) is 26.0 Å². The smallest absolute Gasteiger partial charge is 0.358 e. The number of benzene rings is 1. The maximum atomic E-state index is 12.0. The molecular weight excluding hydrogens is 430 g/mol. The van der Waals surface area contributed by atoms with E-state index in [4.69, 9.17) is 9.88 Å². The second kappa shape index (κ2) is 7.56. The average Bonchev–Trinajstić information content (AvgIpc) is 3.46. The van der Waals surface area contributed by atoms with Crippen molar-refractivity contribution in [1.82, 2.24) is 9.78 Å². The number of aromatic nitrogens is 2. The summed E-state index contributed by atoms with van der Waals surface area (Å²) in [6, 6.07) is 15.7. The molecule has 3 aromatic heterocycles. The Balaban J connectivity index is 1.81. The van der Waals surface area contributed by atoms with Gasteiger partial charge in [0.15, 0.2) is 5.69 Å². The Morgan fingerprint density at radius 3 is 2.41 bits per heavy atom. The second-order valence-electron chi connectivity index (χ2n) is 6.00. The first-order chi connectivity index (χ1) is 13.9.